The molecular formula is C19H17N7O3. The van der Waals surface area contributed by atoms with Gasteiger partial charge < -0.3 is 14.6 Å². The summed E-state index contributed by atoms with van der Waals surface area (Å²) in [5, 5.41) is 17.8. The largest absolute Gasteiger partial charge is 0.494 e. The second kappa shape index (κ2) is 8.30. The van der Waals surface area contributed by atoms with Gasteiger partial charge in [-0.3, -0.25) is 4.79 Å². The zero-order valence-electron chi connectivity index (χ0n) is 15.5. The molecule has 1 amide bonds. The Morgan fingerprint density at radius 3 is 2.83 bits per heavy atom. The fourth-order valence-electron chi connectivity index (χ4n) is 2.65. The minimum atomic E-state index is -0.246. The highest BCUT2D eigenvalue weighted by atomic mass is 16.5. The molecule has 0 aliphatic heterocycles. The molecule has 0 fully saturated rings. The standard InChI is InChI=1S/C19H17N7O3/c1-2-28-16-8-6-14(7-9-16)21-18(27)11-17-22-19(29-23-17)13-4-3-5-15(10-13)26-12-20-24-25-26/h3-10,12H,2,11H2,1H3,(H,21,27). The Bertz CT molecular complexity index is 1090. The molecule has 2 aromatic heterocycles. The van der Waals surface area contributed by atoms with Gasteiger partial charge in [-0.15, -0.1) is 5.10 Å². The van der Waals surface area contributed by atoms with E-state index in [0.717, 1.165) is 11.4 Å². The molecule has 2 heterocycles. The molecule has 0 unspecified atom stereocenters. The number of ether oxygens (including phenoxy) is 1. The lowest BCUT2D eigenvalue weighted by atomic mass is 10.2. The Balaban J connectivity index is 1.41. The highest BCUT2D eigenvalue weighted by Crippen LogP contribution is 2.20. The number of amides is 1. The fourth-order valence-corrected chi connectivity index (χ4v) is 2.65. The molecule has 29 heavy (non-hydrogen) atoms. The van der Waals surface area contributed by atoms with E-state index < -0.39 is 0 Å². The summed E-state index contributed by atoms with van der Waals surface area (Å²) in [4.78, 5) is 16.6. The Morgan fingerprint density at radius 1 is 1.21 bits per heavy atom. The quantitative estimate of drug-likeness (QED) is 0.509. The van der Waals surface area contributed by atoms with E-state index in [1.165, 1.54) is 11.0 Å². The molecule has 0 saturated heterocycles. The van der Waals surface area contributed by atoms with E-state index in [1.807, 2.05) is 31.2 Å². The molecule has 10 heteroatoms. The lowest BCUT2D eigenvalue weighted by molar-refractivity contribution is -0.115. The Kier molecular flexibility index (Phi) is 5.23. The monoisotopic (exact) mass is 391 g/mol. The average molecular weight is 391 g/mol. The normalized spacial score (nSPS) is 10.7. The molecule has 0 radical (unpaired) electrons. The van der Waals surface area contributed by atoms with Crippen LogP contribution in [0, 0.1) is 0 Å². The third kappa shape index (κ3) is 4.43. The zero-order chi connectivity index (χ0) is 20.1. The zero-order valence-corrected chi connectivity index (χ0v) is 15.5. The highest BCUT2D eigenvalue weighted by Gasteiger charge is 2.13. The fraction of sp³-hybridized carbons (Fsp3) is 0.158. The van der Waals surface area contributed by atoms with Crippen LogP contribution in [0.3, 0.4) is 0 Å². The summed E-state index contributed by atoms with van der Waals surface area (Å²) in [6, 6.07) is 14.4. The minimum Gasteiger partial charge on any atom is -0.494 e. The van der Waals surface area contributed by atoms with Crippen LogP contribution < -0.4 is 10.1 Å². The van der Waals surface area contributed by atoms with E-state index in [9.17, 15) is 4.79 Å². The molecule has 2 aromatic carbocycles. The molecule has 0 aliphatic rings. The lowest BCUT2D eigenvalue weighted by Gasteiger charge is -2.06. The van der Waals surface area contributed by atoms with Gasteiger partial charge >= 0.3 is 0 Å². The number of carbonyl (C=O) groups excluding carboxylic acids is 1. The van der Waals surface area contributed by atoms with Crippen molar-refractivity contribution in [3.63, 3.8) is 0 Å². The summed E-state index contributed by atoms with van der Waals surface area (Å²) in [5.74, 6) is 1.10. The van der Waals surface area contributed by atoms with E-state index in [-0.39, 0.29) is 18.2 Å². The van der Waals surface area contributed by atoms with E-state index in [0.29, 0.717) is 23.7 Å². The van der Waals surface area contributed by atoms with Crippen LogP contribution in [-0.4, -0.2) is 42.9 Å². The second-order valence-electron chi connectivity index (χ2n) is 6.00. The van der Waals surface area contributed by atoms with Crippen molar-refractivity contribution >= 4 is 11.6 Å². The maximum absolute atomic E-state index is 12.3. The summed E-state index contributed by atoms with van der Waals surface area (Å²) >= 11 is 0. The first-order valence-electron chi connectivity index (χ1n) is 8.90. The van der Waals surface area contributed by atoms with Crippen molar-refractivity contribution in [3.05, 3.63) is 60.7 Å². The number of nitrogens with zero attached hydrogens (tertiary/aromatic N) is 6. The number of tetrazole rings is 1. The van der Waals surface area contributed by atoms with Crippen molar-refractivity contribution in [2.45, 2.75) is 13.3 Å². The molecule has 4 aromatic rings. The van der Waals surface area contributed by atoms with Crippen LogP contribution in [0.1, 0.15) is 12.7 Å². The van der Waals surface area contributed by atoms with E-state index in [1.54, 1.807) is 24.3 Å². The van der Waals surface area contributed by atoms with Gasteiger partial charge in [-0.25, -0.2) is 4.68 Å². The topological polar surface area (TPSA) is 121 Å². The van der Waals surface area contributed by atoms with Crippen LogP contribution >= 0.6 is 0 Å². The van der Waals surface area contributed by atoms with Crippen LogP contribution in [0.4, 0.5) is 5.69 Å². The van der Waals surface area contributed by atoms with E-state index in [2.05, 4.69) is 31.0 Å². The summed E-state index contributed by atoms with van der Waals surface area (Å²) < 4.78 is 12.2. The maximum Gasteiger partial charge on any atom is 0.258 e. The van der Waals surface area contributed by atoms with Gasteiger partial charge in [-0.1, -0.05) is 11.2 Å². The van der Waals surface area contributed by atoms with Gasteiger partial charge in [-0.2, -0.15) is 4.98 Å². The molecule has 0 atom stereocenters. The molecule has 146 valence electrons. The van der Waals surface area contributed by atoms with Crippen molar-refractivity contribution < 1.29 is 14.1 Å². The van der Waals surface area contributed by atoms with Gasteiger partial charge in [0.2, 0.25) is 5.91 Å². The third-order valence-electron chi connectivity index (χ3n) is 3.94. The van der Waals surface area contributed by atoms with E-state index >= 15 is 0 Å². The first-order valence-corrected chi connectivity index (χ1v) is 8.90. The summed E-state index contributed by atoms with van der Waals surface area (Å²) in [7, 11) is 0. The van der Waals surface area contributed by atoms with Crippen LogP contribution in [0.2, 0.25) is 0 Å². The first-order chi connectivity index (χ1) is 14.2. The summed E-state index contributed by atoms with van der Waals surface area (Å²) in [6.45, 7) is 2.50. The number of aromatic nitrogens is 6. The van der Waals surface area contributed by atoms with Gasteiger partial charge in [0.1, 0.15) is 12.1 Å². The van der Waals surface area contributed by atoms with Crippen LogP contribution in [0.5, 0.6) is 5.75 Å². The van der Waals surface area contributed by atoms with Crippen LogP contribution in [0.25, 0.3) is 17.1 Å². The average Bonchev–Trinajstić information content (AvgIpc) is 3.42. The Morgan fingerprint density at radius 2 is 2.07 bits per heavy atom. The number of hydrogen-bond donors (Lipinski definition) is 1. The number of nitrogens with one attached hydrogen (secondary N) is 1. The molecular weight excluding hydrogens is 374 g/mol. The predicted octanol–water partition coefficient (Wildman–Crippen LogP) is 2.29. The number of rotatable bonds is 7. The lowest BCUT2D eigenvalue weighted by Crippen LogP contribution is -2.15. The Labute approximate surface area is 165 Å². The van der Waals surface area contributed by atoms with Crippen LogP contribution in [0.15, 0.2) is 59.4 Å². The van der Waals surface area contributed by atoms with Gasteiger partial charge in [0.05, 0.1) is 18.7 Å². The number of carbonyl (C=O) groups is 1. The molecule has 0 saturated carbocycles. The molecule has 4 rings (SSSR count). The maximum atomic E-state index is 12.3. The SMILES string of the molecule is CCOc1ccc(NC(=O)Cc2noc(-c3cccc(-n4cnnn4)c3)n2)cc1. The third-order valence-corrected chi connectivity index (χ3v) is 3.94. The molecule has 0 bridgehead atoms. The predicted molar refractivity (Wildman–Crippen MR) is 102 cm³/mol. The van der Waals surface area contributed by atoms with Crippen LogP contribution in [-0.2, 0) is 11.2 Å². The molecule has 10 nitrogen and oxygen atoms in total. The molecule has 0 aliphatic carbocycles. The van der Waals surface area contributed by atoms with E-state index in [4.69, 9.17) is 9.26 Å². The second-order valence-corrected chi connectivity index (χ2v) is 6.00. The Hall–Kier alpha value is -4.08. The van der Waals surface area contributed by atoms with Crippen molar-refractivity contribution in [1.82, 2.24) is 30.3 Å². The van der Waals surface area contributed by atoms with Gasteiger partial charge in [0, 0.05) is 11.3 Å². The smallest absolute Gasteiger partial charge is 0.258 e. The van der Waals surface area contributed by atoms with Crippen molar-refractivity contribution in [2.24, 2.45) is 0 Å². The summed E-state index contributed by atoms with van der Waals surface area (Å²) in [5.41, 5.74) is 2.11. The highest BCUT2D eigenvalue weighted by molar-refractivity contribution is 5.91. The summed E-state index contributed by atoms with van der Waals surface area (Å²) in [6.07, 6.45) is 1.48. The minimum absolute atomic E-state index is 0.0105. The number of anilines is 1. The number of benzene rings is 2. The van der Waals surface area contributed by atoms with Gasteiger partial charge in [0.15, 0.2) is 5.82 Å². The van der Waals surface area contributed by atoms with Crippen molar-refractivity contribution in [3.8, 4) is 22.9 Å². The molecule has 0 spiro atoms. The van der Waals surface area contributed by atoms with Crippen molar-refractivity contribution in [2.75, 3.05) is 11.9 Å². The van der Waals surface area contributed by atoms with Gasteiger partial charge in [-0.05, 0) is 59.8 Å². The first kappa shape index (κ1) is 18.3. The van der Waals surface area contributed by atoms with Crippen molar-refractivity contribution in [1.29, 1.82) is 0 Å². The molecule has 1 N–H and O–H groups in total. The number of hydrogen-bond acceptors (Lipinski definition) is 8. The van der Waals surface area contributed by atoms with Gasteiger partial charge in [0.25, 0.3) is 5.89 Å².